The Kier molecular flexibility index (Phi) is 4.11. The van der Waals surface area contributed by atoms with Crippen LogP contribution < -0.4 is 10.9 Å². The predicted molar refractivity (Wildman–Crippen MR) is 87.5 cm³/mol. The number of hydrogen-bond acceptors (Lipinski definition) is 4. The Labute approximate surface area is 132 Å². The average Bonchev–Trinajstić information content (AvgIpc) is 2.91. The Balaban J connectivity index is 1.59. The Hall–Kier alpha value is -2.34. The van der Waals surface area contributed by atoms with Gasteiger partial charge in [0.1, 0.15) is 16.7 Å². The molecule has 114 valence electrons. The van der Waals surface area contributed by atoms with Crippen molar-refractivity contribution in [2.24, 2.45) is 0 Å². The normalized spacial score (nSPS) is 11.0. The van der Waals surface area contributed by atoms with E-state index in [2.05, 4.69) is 25.3 Å². The first-order valence-electron chi connectivity index (χ1n) is 7.07. The molecule has 0 bridgehead atoms. The molecule has 22 heavy (non-hydrogen) atoms. The molecule has 0 saturated carbocycles. The second-order valence-electron chi connectivity index (χ2n) is 5.04. The molecule has 3 rings (SSSR count). The van der Waals surface area contributed by atoms with Crippen molar-refractivity contribution in [2.75, 3.05) is 11.9 Å². The first-order valence-corrected chi connectivity index (χ1v) is 7.45. The summed E-state index contributed by atoms with van der Waals surface area (Å²) in [7, 11) is 0. The van der Waals surface area contributed by atoms with Crippen molar-refractivity contribution >= 4 is 28.5 Å². The lowest BCUT2D eigenvalue weighted by molar-refractivity contribution is 0.815. The predicted octanol–water partition coefficient (Wildman–Crippen LogP) is 2.65. The second-order valence-corrected chi connectivity index (χ2v) is 5.42. The van der Waals surface area contributed by atoms with Gasteiger partial charge in [0, 0.05) is 13.0 Å². The number of benzene rings is 1. The highest BCUT2D eigenvalue weighted by Crippen LogP contribution is 2.14. The smallest absolute Gasteiger partial charge is 0.271 e. The SMILES string of the molecule is Cc1nc(NCCCc2nc3ccccc3[nH]2)c(Cl)c(=O)[nH]1. The number of aromatic nitrogens is 4. The molecule has 7 heteroatoms. The van der Waals surface area contributed by atoms with Crippen molar-refractivity contribution in [3.05, 3.63) is 51.3 Å². The van der Waals surface area contributed by atoms with Crippen LogP contribution in [0.2, 0.25) is 5.02 Å². The third-order valence-corrected chi connectivity index (χ3v) is 3.65. The first-order chi connectivity index (χ1) is 10.6. The maximum Gasteiger partial charge on any atom is 0.271 e. The maximum absolute atomic E-state index is 11.5. The lowest BCUT2D eigenvalue weighted by atomic mass is 10.3. The lowest BCUT2D eigenvalue weighted by Gasteiger charge is -2.06. The zero-order valence-corrected chi connectivity index (χ0v) is 12.9. The van der Waals surface area contributed by atoms with E-state index in [4.69, 9.17) is 11.6 Å². The van der Waals surface area contributed by atoms with E-state index in [0.29, 0.717) is 18.2 Å². The molecule has 0 atom stereocenters. The van der Waals surface area contributed by atoms with E-state index < -0.39 is 0 Å². The number of imidazole rings is 1. The van der Waals surface area contributed by atoms with Crippen molar-refractivity contribution < 1.29 is 0 Å². The third-order valence-electron chi connectivity index (χ3n) is 3.30. The average molecular weight is 318 g/mol. The zero-order valence-electron chi connectivity index (χ0n) is 12.1. The van der Waals surface area contributed by atoms with Gasteiger partial charge >= 0.3 is 0 Å². The Morgan fingerprint density at radius 3 is 2.86 bits per heavy atom. The molecule has 1 aromatic carbocycles. The van der Waals surface area contributed by atoms with Crippen LogP contribution in [0.4, 0.5) is 5.82 Å². The standard InChI is InChI=1S/C15H16ClN5O/c1-9-18-14(13(16)15(22)19-9)17-8-4-7-12-20-10-5-2-3-6-11(10)21-12/h2-3,5-6H,4,7-8H2,1H3,(H,20,21)(H2,17,18,19,22). The van der Waals surface area contributed by atoms with E-state index in [1.54, 1.807) is 6.92 Å². The van der Waals surface area contributed by atoms with Crippen molar-refractivity contribution in [3.8, 4) is 0 Å². The Morgan fingerprint density at radius 1 is 1.23 bits per heavy atom. The van der Waals surface area contributed by atoms with Crippen molar-refractivity contribution in [3.63, 3.8) is 0 Å². The van der Waals surface area contributed by atoms with E-state index in [9.17, 15) is 4.79 Å². The monoisotopic (exact) mass is 317 g/mol. The van der Waals surface area contributed by atoms with Crippen LogP contribution in [0.1, 0.15) is 18.1 Å². The number of fused-ring (bicyclic) bond motifs is 1. The summed E-state index contributed by atoms with van der Waals surface area (Å²) >= 11 is 5.93. The molecule has 0 amide bonds. The fraction of sp³-hybridized carbons (Fsp3) is 0.267. The molecule has 0 aliphatic rings. The molecule has 3 aromatic rings. The number of halogens is 1. The van der Waals surface area contributed by atoms with Crippen LogP contribution >= 0.6 is 11.6 Å². The van der Waals surface area contributed by atoms with Gasteiger partial charge in [0.15, 0.2) is 5.82 Å². The minimum atomic E-state index is -0.325. The fourth-order valence-corrected chi connectivity index (χ4v) is 2.43. The highest BCUT2D eigenvalue weighted by molar-refractivity contribution is 6.32. The molecule has 0 unspecified atom stereocenters. The fourth-order valence-electron chi connectivity index (χ4n) is 2.28. The van der Waals surface area contributed by atoms with Crippen molar-refractivity contribution in [2.45, 2.75) is 19.8 Å². The molecule has 0 fully saturated rings. The molecule has 0 radical (unpaired) electrons. The van der Waals surface area contributed by atoms with Gasteiger partial charge in [-0.05, 0) is 25.5 Å². The minimum absolute atomic E-state index is 0.0920. The molecule has 3 N–H and O–H groups in total. The van der Waals surface area contributed by atoms with Crippen LogP contribution in [0.3, 0.4) is 0 Å². The lowest BCUT2D eigenvalue weighted by Crippen LogP contribution is -2.15. The van der Waals surface area contributed by atoms with Crippen LogP contribution in [0.25, 0.3) is 11.0 Å². The maximum atomic E-state index is 11.5. The Morgan fingerprint density at radius 2 is 2.05 bits per heavy atom. The summed E-state index contributed by atoms with van der Waals surface area (Å²) in [6.07, 6.45) is 1.66. The third kappa shape index (κ3) is 3.12. The van der Waals surface area contributed by atoms with Gasteiger partial charge in [-0.1, -0.05) is 23.7 Å². The molecular formula is C15H16ClN5O. The number of nitrogens with one attached hydrogen (secondary N) is 3. The van der Waals surface area contributed by atoms with E-state index in [-0.39, 0.29) is 10.6 Å². The molecule has 0 aliphatic carbocycles. The first kappa shape index (κ1) is 14.6. The molecule has 2 aromatic heterocycles. The molecule has 0 spiro atoms. The number of nitrogens with zero attached hydrogens (tertiary/aromatic N) is 2. The largest absolute Gasteiger partial charge is 0.369 e. The number of aryl methyl sites for hydroxylation is 2. The van der Waals surface area contributed by atoms with Gasteiger partial charge in [-0.15, -0.1) is 0 Å². The molecule has 0 aliphatic heterocycles. The Bertz CT molecular complexity index is 822. The van der Waals surface area contributed by atoms with Crippen LogP contribution in [0.15, 0.2) is 29.1 Å². The van der Waals surface area contributed by atoms with Gasteiger partial charge in [-0.2, -0.15) is 0 Å². The second kappa shape index (κ2) is 6.19. The number of para-hydroxylation sites is 2. The summed E-state index contributed by atoms with van der Waals surface area (Å²) in [5.41, 5.74) is 1.69. The van der Waals surface area contributed by atoms with Crippen molar-refractivity contribution in [1.29, 1.82) is 0 Å². The number of hydrogen-bond donors (Lipinski definition) is 3. The van der Waals surface area contributed by atoms with Crippen LogP contribution in [-0.2, 0) is 6.42 Å². The summed E-state index contributed by atoms with van der Waals surface area (Å²) in [5, 5.41) is 3.19. The van der Waals surface area contributed by atoms with Gasteiger partial charge < -0.3 is 15.3 Å². The molecule has 0 saturated heterocycles. The summed E-state index contributed by atoms with van der Waals surface area (Å²) < 4.78 is 0. The molecule has 6 nitrogen and oxygen atoms in total. The number of H-pyrrole nitrogens is 2. The van der Waals surface area contributed by atoms with E-state index in [1.807, 2.05) is 24.3 Å². The zero-order chi connectivity index (χ0) is 15.5. The van der Waals surface area contributed by atoms with Crippen molar-refractivity contribution in [1.82, 2.24) is 19.9 Å². The van der Waals surface area contributed by atoms with Gasteiger partial charge in [0.25, 0.3) is 5.56 Å². The highest BCUT2D eigenvalue weighted by Gasteiger charge is 2.07. The number of anilines is 1. The number of aromatic amines is 2. The highest BCUT2D eigenvalue weighted by atomic mass is 35.5. The van der Waals surface area contributed by atoms with E-state index in [1.165, 1.54) is 0 Å². The quantitative estimate of drug-likeness (QED) is 0.631. The van der Waals surface area contributed by atoms with Crippen LogP contribution in [-0.4, -0.2) is 26.5 Å². The van der Waals surface area contributed by atoms with Gasteiger partial charge in [-0.25, -0.2) is 9.97 Å². The van der Waals surface area contributed by atoms with E-state index in [0.717, 1.165) is 29.7 Å². The molecular weight excluding hydrogens is 302 g/mol. The van der Waals surface area contributed by atoms with Crippen LogP contribution in [0, 0.1) is 6.92 Å². The van der Waals surface area contributed by atoms with E-state index >= 15 is 0 Å². The minimum Gasteiger partial charge on any atom is -0.369 e. The summed E-state index contributed by atoms with van der Waals surface area (Å²) in [6.45, 7) is 2.38. The van der Waals surface area contributed by atoms with Crippen LogP contribution in [0.5, 0.6) is 0 Å². The number of rotatable bonds is 5. The van der Waals surface area contributed by atoms with Gasteiger partial charge in [-0.3, -0.25) is 4.79 Å². The van der Waals surface area contributed by atoms with Gasteiger partial charge in [0.2, 0.25) is 0 Å². The summed E-state index contributed by atoms with van der Waals surface area (Å²) in [6, 6.07) is 7.94. The summed E-state index contributed by atoms with van der Waals surface area (Å²) in [4.78, 5) is 26.1. The topological polar surface area (TPSA) is 86.5 Å². The van der Waals surface area contributed by atoms with Gasteiger partial charge in [0.05, 0.1) is 11.0 Å². The summed E-state index contributed by atoms with van der Waals surface area (Å²) in [5.74, 6) is 1.91. The molecule has 2 heterocycles.